The van der Waals surface area contributed by atoms with Crippen molar-refractivity contribution < 1.29 is 8.42 Å². The van der Waals surface area contributed by atoms with Crippen molar-refractivity contribution >= 4 is 10.0 Å². The predicted octanol–water partition coefficient (Wildman–Crippen LogP) is 2.53. The summed E-state index contributed by atoms with van der Waals surface area (Å²) in [6.45, 7) is 6.53. The monoisotopic (exact) mass is 298 g/mol. The molecule has 1 aromatic rings. The Hall–Kier alpha value is -0.910. The smallest absolute Gasteiger partial charge is 0.216 e. The molecule has 1 rings (SSSR count). The molecule has 0 aliphatic carbocycles. The van der Waals surface area contributed by atoms with E-state index in [1.54, 1.807) is 0 Å². The average Bonchev–Trinajstić information content (AvgIpc) is 2.45. The van der Waals surface area contributed by atoms with Gasteiger partial charge in [0.2, 0.25) is 10.0 Å². The van der Waals surface area contributed by atoms with Crippen LogP contribution in [-0.4, -0.2) is 14.0 Å². The van der Waals surface area contributed by atoms with E-state index in [4.69, 9.17) is 5.73 Å². The van der Waals surface area contributed by atoms with Crippen LogP contribution >= 0.6 is 0 Å². The highest BCUT2D eigenvalue weighted by molar-refractivity contribution is 7.88. The lowest BCUT2D eigenvalue weighted by Gasteiger charge is -2.31. The van der Waals surface area contributed by atoms with Crippen LogP contribution in [0.2, 0.25) is 0 Å². The predicted molar refractivity (Wildman–Crippen MR) is 83.7 cm³/mol. The summed E-state index contributed by atoms with van der Waals surface area (Å²) in [5.41, 5.74) is 7.00. The molecular weight excluding hydrogens is 272 g/mol. The summed E-state index contributed by atoms with van der Waals surface area (Å²) in [6.07, 6.45) is 2.39. The normalized spacial score (nSPS) is 12.6. The third kappa shape index (κ3) is 4.58. The van der Waals surface area contributed by atoms with Crippen LogP contribution in [0.25, 0.3) is 0 Å². The van der Waals surface area contributed by atoms with Crippen molar-refractivity contribution in [2.45, 2.75) is 57.9 Å². The molecule has 0 aliphatic heterocycles. The molecule has 0 aromatic heterocycles. The van der Waals surface area contributed by atoms with E-state index < -0.39 is 10.0 Å². The van der Waals surface area contributed by atoms with E-state index in [1.165, 1.54) is 0 Å². The first kappa shape index (κ1) is 17.1. The third-order valence-corrected chi connectivity index (χ3v) is 5.48. The summed E-state index contributed by atoms with van der Waals surface area (Å²) in [4.78, 5) is 0. The Balaban J connectivity index is 2.83. The van der Waals surface area contributed by atoms with Gasteiger partial charge in [0.25, 0.3) is 0 Å². The van der Waals surface area contributed by atoms with Gasteiger partial charge in [0.15, 0.2) is 0 Å². The Morgan fingerprint density at radius 2 is 1.45 bits per heavy atom. The maximum atomic E-state index is 12.3. The van der Waals surface area contributed by atoms with Gasteiger partial charge in [-0.05, 0) is 30.4 Å². The minimum Gasteiger partial charge on any atom is -0.326 e. The largest absolute Gasteiger partial charge is 0.326 e. The molecule has 0 saturated carbocycles. The van der Waals surface area contributed by atoms with Crippen molar-refractivity contribution in [1.82, 2.24) is 4.72 Å². The quantitative estimate of drug-likeness (QED) is 0.774. The highest BCUT2D eigenvalue weighted by atomic mass is 32.2. The second kappa shape index (κ2) is 7.20. The first-order chi connectivity index (χ1) is 9.40. The number of hydrogen-bond acceptors (Lipinski definition) is 3. The lowest BCUT2D eigenvalue weighted by Crippen LogP contribution is -2.47. The SMILES string of the molecule is CCC(CC)(CC)NS(=O)(=O)Cc1ccc(CN)cc1. The van der Waals surface area contributed by atoms with Gasteiger partial charge in [-0.2, -0.15) is 0 Å². The maximum Gasteiger partial charge on any atom is 0.216 e. The van der Waals surface area contributed by atoms with Crippen LogP contribution in [0, 0.1) is 0 Å². The molecule has 0 fully saturated rings. The van der Waals surface area contributed by atoms with Gasteiger partial charge in [-0.1, -0.05) is 45.0 Å². The molecule has 0 heterocycles. The standard InChI is InChI=1S/C15H26N2O2S/c1-4-15(5-2,6-3)17-20(18,19)12-14-9-7-13(11-16)8-10-14/h7-10,17H,4-6,11-12,16H2,1-3H3. The lowest BCUT2D eigenvalue weighted by atomic mass is 9.91. The Bertz CT molecular complexity index is 497. The Morgan fingerprint density at radius 3 is 1.85 bits per heavy atom. The summed E-state index contributed by atoms with van der Waals surface area (Å²) in [5, 5.41) is 0. The van der Waals surface area contributed by atoms with Gasteiger partial charge in [0, 0.05) is 12.1 Å². The topological polar surface area (TPSA) is 72.2 Å². The molecule has 0 spiro atoms. The summed E-state index contributed by atoms with van der Waals surface area (Å²) >= 11 is 0. The first-order valence-corrected chi connectivity index (χ1v) is 8.85. The average molecular weight is 298 g/mol. The van der Waals surface area contributed by atoms with Crippen molar-refractivity contribution in [3.8, 4) is 0 Å². The number of nitrogens with one attached hydrogen (secondary N) is 1. The molecular formula is C15H26N2O2S. The molecule has 114 valence electrons. The van der Waals surface area contributed by atoms with Crippen LogP contribution in [0.3, 0.4) is 0 Å². The third-order valence-electron chi connectivity index (χ3n) is 4.02. The van der Waals surface area contributed by atoms with E-state index in [2.05, 4.69) is 4.72 Å². The molecule has 3 N–H and O–H groups in total. The summed E-state index contributed by atoms with van der Waals surface area (Å²) < 4.78 is 27.5. The van der Waals surface area contributed by atoms with Crippen molar-refractivity contribution in [1.29, 1.82) is 0 Å². The van der Waals surface area contributed by atoms with Crippen molar-refractivity contribution in [2.24, 2.45) is 5.73 Å². The van der Waals surface area contributed by atoms with Gasteiger partial charge < -0.3 is 5.73 Å². The van der Waals surface area contributed by atoms with Crippen LogP contribution in [0.4, 0.5) is 0 Å². The van der Waals surface area contributed by atoms with Crippen LogP contribution < -0.4 is 10.5 Å². The fourth-order valence-corrected chi connectivity index (χ4v) is 4.12. The van der Waals surface area contributed by atoms with Crippen molar-refractivity contribution in [2.75, 3.05) is 0 Å². The number of benzene rings is 1. The van der Waals surface area contributed by atoms with Crippen LogP contribution in [0.5, 0.6) is 0 Å². The fourth-order valence-electron chi connectivity index (χ4n) is 2.32. The Labute approximate surface area is 122 Å². The van der Waals surface area contributed by atoms with E-state index in [0.29, 0.717) is 6.54 Å². The number of nitrogens with two attached hydrogens (primary N) is 1. The van der Waals surface area contributed by atoms with Gasteiger partial charge in [-0.3, -0.25) is 0 Å². The highest BCUT2D eigenvalue weighted by Gasteiger charge is 2.29. The Kier molecular flexibility index (Phi) is 6.17. The molecule has 4 nitrogen and oxygen atoms in total. The Morgan fingerprint density at radius 1 is 1.00 bits per heavy atom. The van der Waals surface area contributed by atoms with Crippen LogP contribution in [0.1, 0.15) is 51.2 Å². The summed E-state index contributed by atoms with van der Waals surface area (Å²) in [7, 11) is -3.33. The molecule has 0 atom stereocenters. The molecule has 0 unspecified atom stereocenters. The molecule has 1 aromatic carbocycles. The minimum atomic E-state index is -3.33. The molecule has 0 radical (unpaired) electrons. The lowest BCUT2D eigenvalue weighted by molar-refractivity contribution is 0.341. The molecule has 0 amide bonds. The molecule has 0 bridgehead atoms. The van der Waals surface area contributed by atoms with Gasteiger partial charge in [-0.15, -0.1) is 0 Å². The number of sulfonamides is 1. The summed E-state index contributed by atoms with van der Waals surface area (Å²) in [6, 6.07) is 7.40. The van der Waals surface area contributed by atoms with Gasteiger partial charge in [0.1, 0.15) is 0 Å². The first-order valence-electron chi connectivity index (χ1n) is 7.19. The zero-order valence-electron chi connectivity index (χ0n) is 12.6. The van der Waals surface area contributed by atoms with Crippen LogP contribution in [0.15, 0.2) is 24.3 Å². The van der Waals surface area contributed by atoms with Gasteiger partial charge in [0.05, 0.1) is 5.75 Å². The highest BCUT2D eigenvalue weighted by Crippen LogP contribution is 2.21. The van der Waals surface area contributed by atoms with Gasteiger partial charge in [-0.25, -0.2) is 13.1 Å². The van der Waals surface area contributed by atoms with Crippen LogP contribution in [-0.2, 0) is 22.3 Å². The van der Waals surface area contributed by atoms with Gasteiger partial charge >= 0.3 is 0 Å². The van der Waals surface area contributed by atoms with Crippen molar-refractivity contribution in [3.63, 3.8) is 0 Å². The molecule has 0 aliphatic rings. The zero-order valence-corrected chi connectivity index (χ0v) is 13.5. The number of rotatable bonds is 8. The molecule has 0 saturated heterocycles. The zero-order chi connectivity index (χ0) is 15.2. The second-order valence-electron chi connectivity index (χ2n) is 5.22. The van der Waals surface area contributed by atoms with E-state index in [9.17, 15) is 8.42 Å². The van der Waals surface area contributed by atoms with Crippen molar-refractivity contribution in [3.05, 3.63) is 35.4 Å². The maximum absolute atomic E-state index is 12.3. The second-order valence-corrected chi connectivity index (χ2v) is 6.95. The molecule has 20 heavy (non-hydrogen) atoms. The summed E-state index contributed by atoms with van der Waals surface area (Å²) in [5.74, 6) is 0.0135. The fraction of sp³-hybridized carbons (Fsp3) is 0.600. The van der Waals surface area contributed by atoms with E-state index in [1.807, 2.05) is 45.0 Å². The van der Waals surface area contributed by atoms with E-state index in [-0.39, 0.29) is 11.3 Å². The minimum absolute atomic E-state index is 0.0135. The van der Waals surface area contributed by atoms with E-state index >= 15 is 0 Å². The molecule has 5 heteroatoms. The van der Waals surface area contributed by atoms with E-state index in [0.717, 1.165) is 30.4 Å². The number of hydrogen-bond donors (Lipinski definition) is 2.